The summed E-state index contributed by atoms with van der Waals surface area (Å²) in [5.41, 5.74) is 1.56. The van der Waals surface area contributed by atoms with E-state index in [1.807, 2.05) is 78.5 Å². The van der Waals surface area contributed by atoms with Crippen LogP contribution >= 0.6 is 0 Å². The number of nitrogens with zero attached hydrogens (tertiary/aromatic N) is 3. The van der Waals surface area contributed by atoms with E-state index in [0.29, 0.717) is 44.0 Å². The molecule has 2 aromatic heterocycles. The number of fused-ring (bicyclic) bond motifs is 1. The molecular weight excluding hydrogens is 442 g/mol. The lowest BCUT2D eigenvalue weighted by molar-refractivity contribution is -0.133. The minimum absolute atomic E-state index is 0.0273. The number of amides is 2. The fraction of sp³-hybridized carbons (Fsp3) is 0.286. The Kier molecular flexibility index (Phi) is 8.00. The predicted molar refractivity (Wildman–Crippen MR) is 135 cm³/mol. The van der Waals surface area contributed by atoms with Gasteiger partial charge in [0, 0.05) is 44.8 Å². The van der Waals surface area contributed by atoms with Crippen LogP contribution in [0.2, 0.25) is 0 Å². The van der Waals surface area contributed by atoms with Crippen molar-refractivity contribution in [2.45, 2.75) is 19.5 Å². The van der Waals surface area contributed by atoms with Crippen LogP contribution in [-0.2, 0) is 29.7 Å². The van der Waals surface area contributed by atoms with Gasteiger partial charge in [-0.3, -0.25) is 9.59 Å². The Morgan fingerprint density at radius 1 is 0.943 bits per heavy atom. The van der Waals surface area contributed by atoms with Crippen molar-refractivity contribution >= 4 is 22.6 Å². The lowest BCUT2D eigenvalue weighted by atomic mass is 10.1. The van der Waals surface area contributed by atoms with E-state index < -0.39 is 0 Å². The fourth-order valence-electron chi connectivity index (χ4n) is 4.10. The third-order valence-electron chi connectivity index (χ3n) is 6.07. The molecule has 0 aliphatic carbocycles. The van der Waals surface area contributed by atoms with Gasteiger partial charge in [0.2, 0.25) is 5.91 Å². The maximum atomic E-state index is 13.5. The van der Waals surface area contributed by atoms with Gasteiger partial charge in [-0.2, -0.15) is 0 Å². The van der Waals surface area contributed by atoms with Gasteiger partial charge in [-0.15, -0.1) is 0 Å². The fourth-order valence-corrected chi connectivity index (χ4v) is 4.10. The Bertz CT molecular complexity index is 1260. The van der Waals surface area contributed by atoms with Crippen LogP contribution in [0.5, 0.6) is 0 Å². The van der Waals surface area contributed by atoms with Crippen molar-refractivity contribution in [3.05, 3.63) is 96.2 Å². The van der Waals surface area contributed by atoms with E-state index in [0.717, 1.165) is 16.5 Å². The van der Waals surface area contributed by atoms with E-state index in [1.165, 1.54) is 0 Å². The summed E-state index contributed by atoms with van der Waals surface area (Å²) in [4.78, 5) is 30.4. The molecule has 4 aromatic rings. The molecule has 7 nitrogen and oxygen atoms in total. The molecule has 0 N–H and O–H groups in total. The van der Waals surface area contributed by atoms with Crippen molar-refractivity contribution in [3.63, 3.8) is 0 Å². The van der Waals surface area contributed by atoms with Crippen LogP contribution in [0.3, 0.4) is 0 Å². The van der Waals surface area contributed by atoms with Crippen LogP contribution in [0.4, 0.5) is 0 Å². The second-order valence-corrected chi connectivity index (χ2v) is 8.57. The summed E-state index contributed by atoms with van der Waals surface area (Å²) >= 11 is 0. The van der Waals surface area contributed by atoms with Gasteiger partial charge >= 0.3 is 0 Å². The molecule has 0 saturated carbocycles. The molecule has 0 radical (unpaired) electrons. The maximum Gasteiger partial charge on any atom is 0.254 e. The Balaban J connectivity index is 1.55. The van der Waals surface area contributed by atoms with Gasteiger partial charge in [-0.25, -0.2) is 0 Å². The van der Waals surface area contributed by atoms with Crippen molar-refractivity contribution in [1.82, 2.24) is 14.4 Å². The van der Waals surface area contributed by atoms with Crippen LogP contribution in [0.25, 0.3) is 10.8 Å². The van der Waals surface area contributed by atoms with Crippen LogP contribution in [0, 0.1) is 0 Å². The van der Waals surface area contributed by atoms with Crippen LogP contribution < -0.4 is 0 Å². The topological polar surface area (TPSA) is 67.9 Å². The Labute approximate surface area is 205 Å². The van der Waals surface area contributed by atoms with E-state index in [1.54, 1.807) is 29.2 Å². The summed E-state index contributed by atoms with van der Waals surface area (Å²) in [7, 11) is 3.58. The molecule has 0 unspecified atom stereocenters. The van der Waals surface area contributed by atoms with Gasteiger partial charge in [0.05, 0.1) is 19.4 Å². The number of methoxy groups -OCH3 is 1. The van der Waals surface area contributed by atoms with Crippen molar-refractivity contribution in [1.29, 1.82) is 0 Å². The first kappa shape index (κ1) is 24.3. The number of rotatable bonds is 11. The smallest absolute Gasteiger partial charge is 0.254 e. The number of furan rings is 1. The summed E-state index contributed by atoms with van der Waals surface area (Å²) in [6, 6.07) is 21.2. The lowest BCUT2D eigenvalue weighted by Gasteiger charge is -2.27. The average molecular weight is 474 g/mol. The largest absolute Gasteiger partial charge is 0.467 e. The molecule has 0 spiro atoms. The number of aromatic nitrogens is 1. The zero-order valence-electron chi connectivity index (χ0n) is 20.2. The summed E-state index contributed by atoms with van der Waals surface area (Å²) in [6.45, 7) is 1.64. The number of benzene rings is 2. The van der Waals surface area contributed by atoms with E-state index >= 15 is 0 Å². The highest BCUT2D eigenvalue weighted by Crippen LogP contribution is 2.18. The average Bonchev–Trinajstić information content (AvgIpc) is 3.54. The molecule has 2 aromatic carbocycles. The Morgan fingerprint density at radius 3 is 2.49 bits per heavy atom. The van der Waals surface area contributed by atoms with Crippen molar-refractivity contribution in [2.75, 3.05) is 26.8 Å². The summed E-state index contributed by atoms with van der Waals surface area (Å²) in [5.74, 6) is 0.380. The quantitative estimate of drug-likeness (QED) is 0.301. The van der Waals surface area contributed by atoms with Crippen molar-refractivity contribution in [2.24, 2.45) is 7.05 Å². The van der Waals surface area contributed by atoms with Crippen LogP contribution in [-0.4, -0.2) is 53.0 Å². The number of hydrogen-bond acceptors (Lipinski definition) is 4. The summed E-state index contributed by atoms with van der Waals surface area (Å²) < 4.78 is 12.7. The highest BCUT2D eigenvalue weighted by atomic mass is 16.5. The first-order valence-corrected chi connectivity index (χ1v) is 11.7. The number of aryl methyl sites for hydroxylation is 1. The first-order chi connectivity index (χ1) is 17.0. The minimum Gasteiger partial charge on any atom is -0.467 e. The summed E-state index contributed by atoms with van der Waals surface area (Å²) in [6.07, 6.45) is 4.19. The predicted octanol–water partition coefficient (Wildman–Crippen LogP) is 4.48. The highest BCUT2D eigenvalue weighted by molar-refractivity contribution is 6.00. The zero-order chi connectivity index (χ0) is 24.6. The molecular formula is C28H31N3O4. The number of hydrogen-bond donors (Lipinski definition) is 0. The molecule has 0 fully saturated rings. The molecule has 0 aliphatic heterocycles. The van der Waals surface area contributed by atoms with Crippen LogP contribution in [0.1, 0.15) is 28.2 Å². The highest BCUT2D eigenvalue weighted by Gasteiger charge is 2.24. The monoisotopic (exact) mass is 473 g/mol. The molecule has 2 heterocycles. The first-order valence-electron chi connectivity index (χ1n) is 11.7. The molecule has 0 aliphatic rings. The van der Waals surface area contributed by atoms with E-state index in [-0.39, 0.29) is 18.4 Å². The van der Waals surface area contributed by atoms with Gasteiger partial charge in [0.25, 0.3) is 5.91 Å². The standard InChI is InChI=1S/C28H31N3O4/c1-29-14-5-10-25(29)19-31(20-26-11-6-17-35-26)27(32)21-30(15-7-16-34-2)28(33)24-13-12-22-8-3-4-9-23(22)18-24/h3-6,8-14,17-18H,7,15-16,19-21H2,1-2H3. The maximum absolute atomic E-state index is 13.5. The number of ether oxygens (including phenoxy) is 1. The SMILES string of the molecule is COCCCN(CC(=O)N(Cc1ccco1)Cc1cccn1C)C(=O)c1ccc2ccccc2c1. The second kappa shape index (κ2) is 11.5. The van der Waals surface area contributed by atoms with Gasteiger partial charge in [-0.1, -0.05) is 30.3 Å². The third kappa shape index (κ3) is 6.19. The van der Waals surface area contributed by atoms with E-state index in [9.17, 15) is 9.59 Å². The zero-order valence-corrected chi connectivity index (χ0v) is 20.2. The van der Waals surface area contributed by atoms with Crippen molar-refractivity contribution < 1.29 is 18.7 Å². The Hall–Kier alpha value is -3.84. The molecule has 0 bridgehead atoms. The molecule has 182 valence electrons. The molecule has 0 saturated heterocycles. The second-order valence-electron chi connectivity index (χ2n) is 8.57. The van der Waals surface area contributed by atoms with Gasteiger partial charge in [0.15, 0.2) is 0 Å². The summed E-state index contributed by atoms with van der Waals surface area (Å²) in [5, 5.41) is 2.06. The van der Waals surface area contributed by atoms with Crippen molar-refractivity contribution in [3.8, 4) is 0 Å². The molecule has 4 rings (SSSR count). The van der Waals surface area contributed by atoms with E-state index in [2.05, 4.69) is 0 Å². The molecule has 35 heavy (non-hydrogen) atoms. The van der Waals surface area contributed by atoms with Gasteiger partial charge in [-0.05, 0) is 53.6 Å². The molecule has 7 heteroatoms. The van der Waals surface area contributed by atoms with Crippen LogP contribution in [0.15, 0.2) is 83.6 Å². The van der Waals surface area contributed by atoms with Gasteiger partial charge in [0.1, 0.15) is 12.3 Å². The van der Waals surface area contributed by atoms with E-state index in [4.69, 9.17) is 9.15 Å². The number of carbonyl (C=O) groups excluding carboxylic acids is 2. The Morgan fingerprint density at radius 2 is 1.77 bits per heavy atom. The molecule has 2 amide bonds. The minimum atomic E-state index is -0.169. The lowest BCUT2D eigenvalue weighted by Crippen LogP contribution is -2.43. The normalized spacial score (nSPS) is 11.0. The van der Waals surface area contributed by atoms with Gasteiger partial charge < -0.3 is 23.5 Å². The molecule has 0 atom stereocenters. The number of carbonyl (C=O) groups is 2. The third-order valence-corrected chi connectivity index (χ3v) is 6.07.